The molecule has 1 amide bonds. The fraction of sp³-hybridized carbons (Fsp3) is 0.227. The number of carbonyl (C=O) groups excluding carboxylic acids is 1. The predicted octanol–water partition coefficient (Wildman–Crippen LogP) is 2.77. The van der Waals surface area contributed by atoms with Crippen LogP contribution in [-0.2, 0) is 18.3 Å². The molecule has 160 valence electrons. The van der Waals surface area contributed by atoms with Gasteiger partial charge >= 0.3 is 0 Å². The minimum Gasteiger partial charge on any atom is -0.365 e. The molecule has 0 saturated carbocycles. The van der Waals surface area contributed by atoms with Gasteiger partial charge in [0.25, 0.3) is 5.91 Å². The topological polar surface area (TPSA) is 95.9 Å². The summed E-state index contributed by atoms with van der Waals surface area (Å²) < 4.78 is 3.46. The fourth-order valence-electron chi connectivity index (χ4n) is 4.42. The number of aromatic amines is 1. The number of halogens is 1. The van der Waals surface area contributed by atoms with Crippen LogP contribution in [0.4, 0.5) is 0 Å². The maximum Gasteiger partial charge on any atom is 0.271 e. The summed E-state index contributed by atoms with van der Waals surface area (Å²) in [5, 5.41) is 18.2. The second kappa shape index (κ2) is 7.16. The molecule has 0 bridgehead atoms. The number of hydrogen-bond donors (Lipinski definition) is 1. The van der Waals surface area contributed by atoms with E-state index < -0.39 is 0 Å². The van der Waals surface area contributed by atoms with E-state index >= 15 is 0 Å². The van der Waals surface area contributed by atoms with Crippen LogP contribution in [0.15, 0.2) is 59.1 Å². The standard InChI is InChI=1S/C22H19ClN8O/c1-29-8-5-17(27-29)18-11-20(26-25-18)22(32)30-9-6-16-15(4-7-24-16)21(30)19-10-14-3-2-13(23)12-31(14)28-19/h2-5,7-8,10,12,21,24H,6,9,11H2,1H3/t21-/m0/s1. The van der Waals surface area contributed by atoms with Crippen LogP contribution in [0.5, 0.6) is 0 Å². The summed E-state index contributed by atoms with van der Waals surface area (Å²) in [5.74, 6) is -0.133. The molecule has 0 unspecified atom stereocenters. The molecule has 6 rings (SSSR count). The number of aromatic nitrogens is 5. The predicted molar refractivity (Wildman–Crippen MR) is 120 cm³/mol. The smallest absolute Gasteiger partial charge is 0.271 e. The maximum absolute atomic E-state index is 13.6. The molecule has 0 aliphatic carbocycles. The van der Waals surface area contributed by atoms with E-state index in [2.05, 4.69) is 20.3 Å². The number of amides is 1. The Morgan fingerprint density at radius 1 is 1.19 bits per heavy atom. The monoisotopic (exact) mass is 446 g/mol. The molecule has 6 heterocycles. The van der Waals surface area contributed by atoms with E-state index in [1.165, 1.54) is 0 Å². The third-order valence-electron chi connectivity index (χ3n) is 5.94. The lowest BCUT2D eigenvalue weighted by Gasteiger charge is -2.34. The lowest BCUT2D eigenvalue weighted by Crippen LogP contribution is -2.44. The molecule has 0 saturated heterocycles. The summed E-state index contributed by atoms with van der Waals surface area (Å²) in [6, 6.07) is 9.31. The first-order valence-electron chi connectivity index (χ1n) is 10.3. The van der Waals surface area contributed by atoms with Gasteiger partial charge in [-0.05, 0) is 30.3 Å². The second-order valence-corrected chi connectivity index (χ2v) is 8.43. The van der Waals surface area contributed by atoms with E-state index in [0.717, 1.165) is 34.6 Å². The first kappa shape index (κ1) is 19.0. The van der Waals surface area contributed by atoms with Gasteiger partial charge in [-0.2, -0.15) is 15.3 Å². The van der Waals surface area contributed by atoms with Crippen molar-refractivity contribution in [1.82, 2.24) is 29.3 Å². The number of nitrogens with one attached hydrogen (secondary N) is 1. The van der Waals surface area contributed by atoms with Crippen molar-refractivity contribution in [3.05, 3.63) is 76.6 Å². The second-order valence-electron chi connectivity index (χ2n) is 7.99. The van der Waals surface area contributed by atoms with Gasteiger partial charge in [0.1, 0.15) is 17.4 Å². The molecule has 0 fully saturated rings. The molecule has 4 aromatic heterocycles. The third-order valence-corrected chi connectivity index (χ3v) is 6.17. The van der Waals surface area contributed by atoms with Crippen LogP contribution in [0.25, 0.3) is 5.52 Å². The van der Waals surface area contributed by atoms with E-state index in [4.69, 9.17) is 16.7 Å². The number of hydrogen-bond acceptors (Lipinski definition) is 5. The largest absolute Gasteiger partial charge is 0.365 e. The number of H-pyrrole nitrogens is 1. The number of pyridine rings is 1. The van der Waals surface area contributed by atoms with E-state index in [0.29, 0.717) is 29.4 Å². The van der Waals surface area contributed by atoms with Gasteiger partial charge in [0, 0.05) is 56.3 Å². The van der Waals surface area contributed by atoms with Gasteiger partial charge in [-0.1, -0.05) is 11.6 Å². The number of aryl methyl sites for hydroxylation is 1. The van der Waals surface area contributed by atoms with E-state index in [9.17, 15) is 4.79 Å². The summed E-state index contributed by atoms with van der Waals surface area (Å²) in [6.07, 6.45) is 6.63. The number of nitrogens with zero attached hydrogens (tertiary/aromatic N) is 7. The van der Waals surface area contributed by atoms with Crippen LogP contribution in [0.3, 0.4) is 0 Å². The van der Waals surface area contributed by atoms with Gasteiger partial charge in [-0.3, -0.25) is 9.48 Å². The highest BCUT2D eigenvalue weighted by Gasteiger charge is 2.37. The van der Waals surface area contributed by atoms with Crippen molar-refractivity contribution in [2.45, 2.75) is 18.9 Å². The fourth-order valence-corrected chi connectivity index (χ4v) is 4.57. The summed E-state index contributed by atoms with van der Waals surface area (Å²) in [4.78, 5) is 18.7. The normalized spacial score (nSPS) is 18.1. The number of carbonyl (C=O) groups is 1. The van der Waals surface area contributed by atoms with Gasteiger partial charge < -0.3 is 9.88 Å². The molecule has 0 radical (unpaired) electrons. The Morgan fingerprint density at radius 2 is 2.09 bits per heavy atom. The summed E-state index contributed by atoms with van der Waals surface area (Å²) >= 11 is 6.14. The van der Waals surface area contributed by atoms with Gasteiger partial charge in [0.05, 0.1) is 21.9 Å². The van der Waals surface area contributed by atoms with Crippen LogP contribution in [0.2, 0.25) is 5.02 Å². The maximum atomic E-state index is 13.6. The molecule has 0 aromatic carbocycles. The van der Waals surface area contributed by atoms with Crippen molar-refractivity contribution in [3.63, 3.8) is 0 Å². The highest BCUT2D eigenvalue weighted by molar-refractivity contribution is 6.44. The minimum atomic E-state index is -0.322. The molecule has 1 N–H and O–H groups in total. The lowest BCUT2D eigenvalue weighted by atomic mass is 9.95. The zero-order chi connectivity index (χ0) is 21.8. The SMILES string of the molecule is Cn1ccc(C2=NN=C(C(=O)N3CCc4[nH]ccc4[C@H]3c3cc4ccc(Cl)cn4n3)C2)n1. The van der Waals surface area contributed by atoms with Crippen LogP contribution >= 0.6 is 11.6 Å². The Balaban J connectivity index is 1.34. The van der Waals surface area contributed by atoms with Crippen molar-refractivity contribution in [2.75, 3.05) is 6.54 Å². The lowest BCUT2D eigenvalue weighted by molar-refractivity contribution is -0.126. The van der Waals surface area contributed by atoms with Gasteiger partial charge in [-0.25, -0.2) is 4.52 Å². The number of rotatable bonds is 3. The Labute approximate surface area is 188 Å². The number of fused-ring (bicyclic) bond motifs is 2. The third kappa shape index (κ3) is 3.04. The summed E-state index contributed by atoms with van der Waals surface area (Å²) in [5.41, 5.74) is 5.72. The zero-order valence-electron chi connectivity index (χ0n) is 17.2. The van der Waals surface area contributed by atoms with Crippen LogP contribution in [0.1, 0.15) is 35.1 Å². The van der Waals surface area contributed by atoms with Crippen molar-refractivity contribution in [3.8, 4) is 0 Å². The average Bonchev–Trinajstić information content (AvgIpc) is 3.57. The molecule has 1 atom stereocenters. The van der Waals surface area contributed by atoms with Crippen LogP contribution in [-0.4, -0.2) is 53.2 Å². The first-order chi connectivity index (χ1) is 15.6. The van der Waals surface area contributed by atoms with Crippen molar-refractivity contribution >= 4 is 34.4 Å². The van der Waals surface area contributed by atoms with Crippen molar-refractivity contribution in [1.29, 1.82) is 0 Å². The highest BCUT2D eigenvalue weighted by atomic mass is 35.5. The Morgan fingerprint density at radius 3 is 2.94 bits per heavy atom. The van der Waals surface area contributed by atoms with Gasteiger partial charge in [0.15, 0.2) is 0 Å². The Bertz CT molecular complexity index is 1420. The van der Waals surface area contributed by atoms with Crippen molar-refractivity contribution in [2.24, 2.45) is 17.3 Å². The van der Waals surface area contributed by atoms with E-state index in [-0.39, 0.29) is 11.9 Å². The molecule has 10 heteroatoms. The molecular weight excluding hydrogens is 428 g/mol. The molecule has 2 aliphatic rings. The van der Waals surface area contributed by atoms with Crippen LogP contribution in [0, 0.1) is 0 Å². The highest BCUT2D eigenvalue weighted by Crippen LogP contribution is 2.35. The molecule has 9 nitrogen and oxygen atoms in total. The van der Waals surface area contributed by atoms with Gasteiger partial charge in [0.2, 0.25) is 0 Å². The molecule has 2 aliphatic heterocycles. The average molecular weight is 447 g/mol. The molecule has 32 heavy (non-hydrogen) atoms. The van der Waals surface area contributed by atoms with Gasteiger partial charge in [-0.15, -0.1) is 5.10 Å². The summed E-state index contributed by atoms with van der Waals surface area (Å²) in [6.45, 7) is 0.559. The molecular formula is C22H19ClN8O. The van der Waals surface area contributed by atoms with Crippen LogP contribution < -0.4 is 0 Å². The van der Waals surface area contributed by atoms with Crippen molar-refractivity contribution < 1.29 is 4.79 Å². The first-order valence-corrected chi connectivity index (χ1v) is 10.7. The molecule has 4 aromatic rings. The summed E-state index contributed by atoms with van der Waals surface area (Å²) in [7, 11) is 1.85. The minimum absolute atomic E-state index is 0.133. The Kier molecular flexibility index (Phi) is 4.25. The van der Waals surface area contributed by atoms with E-state index in [1.54, 1.807) is 15.4 Å². The quantitative estimate of drug-likeness (QED) is 0.524. The Hall–Kier alpha value is -3.72. The zero-order valence-corrected chi connectivity index (χ0v) is 18.0. The molecule has 0 spiro atoms. The van der Waals surface area contributed by atoms with E-state index in [1.807, 2.05) is 54.7 Å².